The van der Waals surface area contributed by atoms with Gasteiger partial charge in [0.05, 0.1) is 0 Å². The van der Waals surface area contributed by atoms with Crippen molar-refractivity contribution in [3.05, 3.63) is 29.3 Å². The topological polar surface area (TPSA) is 41.1 Å². The fraction of sp³-hybridized carbons (Fsp3) is 0.562. The van der Waals surface area contributed by atoms with E-state index in [1.54, 1.807) is 0 Å². The van der Waals surface area contributed by atoms with Crippen molar-refractivity contribution in [3.63, 3.8) is 0 Å². The molecule has 2 saturated carbocycles. The molecule has 0 radical (unpaired) electrons. The average molecular weight is 256 g/mol. The van der Waals surface area contributed by atoms with Crippen molar-refractivity contribution in [1.29, 1.82) is 0 Å². The molecule has 3 nitrogen and oxygen atoms in total. The predicted molar refractivity (Wildman–Crippen MR) is 74.8 cm³/mol. The summed E-state index contributed by atoms with van der Waals surface area (Å²) in [5, 5.41) is 6.48. The molecular formula is C16H20N2O. The quantitative estimate of drug-likeness (QED) is 0.852. The van der Waals surface area contributed by atoms with Crippen LogP contribution in [0.5, 0.6) is 0 Å². The highest BCUT2D eigenvalue weighted by Gasteiger charge is 2.47. The monoisotopic (exact) mass is 256 g/mol. The molecule has 1 heterocycles. The predicted octanol–water partition coefficient (Wildman–Crippen LogP) is 2.32. The van der Waals surface area contributed by atoms with Crippen LogP contribution < -0.4 is 10.6 Å². The number of carbonyl (C=O) groups excluding carboxylic acids is 1. The Kier molecular flexibility index (Phi) is 2.62. The SMILES string of the molecule is O=C(Nc1ccc2c(c1)CNCC2)C1CC2CC2C1. The Bertz CT molecular complexity index is 515. The van der Waals surface area contributed by atoms with E-state index in [2.05, 4.69) is 28.8 Å². The van der Waals surface area contributed by atoms with Crippen LogP contribution in [-0.2, 0) is 17.8 Å². The molecule has 19 heavy (non-hydrogen) atoms. The van der Waals surface area contributed by atoms with Crippen LogP contribution in [-0.4, -0.2) is 12.5 Å². The molecule has 2 aliphatic carbocycles. The fourth-order valence-electron chi connectivity index (χ4n) is 3.73. The molecule has 1 aromatic rings. The molecule has 1 amide bonds. The summed E-state index contributed by atoms with van der Waals surface area (Å²) in [5.41, 5.74) is 3.71. The first-order chi connectivity index (χ1) is 9.29. The third-order valence-corrected chi connectivity index (χ3v) is 4.97. The normalized spacial score (nSPS) is 31.5. The molecule has 2 atom stereocenters. The molecule has 0 aromatic heterocycles. The first-order valence-corrected chi connectivity index (χ1v) is 7.43. The van der Waals surface area contributed by atoms with E-state index in [1.807, 2.05) is 0 Å². The Morgan fingerprint density at radius 1 is 1.16 bits per heavy atom. The minimum Gasteiger partial charge on any atom is -0.326 e. The molecule has 0 spiro atoms. The van der Waals surface area contributed by atoms with Gasteiger partial charge in [0, 0.05) is 18.2 Å². The van der Waals surface area contributed by atoms with E-state index in [9.17, 15) is 4.79 Å². The Morgan fingerprint density at radius 2 is 2.00 bits per heavy atom. The lowest BCUT2D eigenvalue weighted by Gasteiger charge is -2.19. The highest BCUT2D eigenvalue weighted by atomic mass is 16.1. The number of amides is 1. The maximum Gasteiger partial charge on any atom is 0.227 e. The van der Waals surface area contributed by atoms with E-state index >= 15 is 0 Å². The number of benzene rings is 1. The minimum atomic E-state index is 0.232. The molecule has 2 fully saturated rings. The Labute approximate surface area is 113 Å². The number of anilines is 1. The summed E-state index contributed by atoms with van der Waals surface area (Å²) in [5.74, 6) is 2.22. The lowest BCUT2D eigenvalue weighted by atomic mass is 9.99. The summed E-state index contributed by atoms with van der Waals surface area (Å²) < 4.78 is 0. The number of hydrogen-bond donors (Lipinski definition) is 2. The van der Waals surface area contributed by atoms with Crippen molar-refractivity contribution >= 4 is 11.6 Å². The van der Waals surface area contributed by atoms with Crippen LogP contribution in [0.2, 0.25) is 0 Å². The van der Waals surface area contributed by atoms with Crippen LogP contribution in [0.1, 0.15) is 30.4 Å². The molecule has 4 rings (SSSR count). The second-order valence-electron chi connectivity index (χ2n) is 6.32. The molecule has 0 bridgehead atoms. The zero-order chi connectivity index (χ0) is 12.8. The van der Waals surface area contributed by atoms with Gasteiger partial charge in [-0.2, -0.15) is 0 Å². The number of fused-ring (bicyclic) bond motifs is 2. The third kappa shape index (κ3) is 2.16. The van der Waals surface area contributed by atoms with E-state index < -0.39 is 0 Å². The van der Waals surface area contributed by atoms with Crippen LogP contribution in [0, 0.1) is 17.8 Å². The van der Waals surface area contributed by atoms with E-state index in [-0.39, 0.29) is 11.8 Å². The fourth-order valence-corrected chi connectivity index (χ4v) is 3.73. The van der Waals surface area contributed by atoms with E-state index in [0.29, 0.717) is 0 Å². The highest BCUT2D eigenvalue weighted by Crippen LogP contribution is 2.54. The lowest BCUT2D eigenvalue weighted by molar-refractivity contribution is -0.120. The second kappa shape index (κ2) is 4.34. The molecular weight excluding hydrogens is 236 g/mol. The highest BCUT2D eigenvalue weighted by molar-refractivity contribution is 5.93. The standard InChI is InChI=1S/C16H20N2O/c19-16(13-6-11-5-12(11)7-13)18-15-2-1-10-3-4-17-9-14(10)8-15/h1-2,8,11-13,17H,3-7,9H2,(H,18,19). The second-order valence-corrected chi connectivity index (χ2v) is 6.32. The summed E-state index contributed by atoms with van der Waals surface area (Å²) >= 11 is 0. The zero-order valence-corrected chi connectivity index (χ0v) is 11.1. The van der Waals surface area contributed by atoms with Gasteiger partial charge >= 0.3 is 0 Å². The van der Waals surface area contributed by atoms with Gasteiger partial charge in [-0.25, -0.2) is 0 Å². The van der Waals surface area contributed by atoms with Crippen LogP contribution in [0.3, 0.4) is 0 Å². The van der Waals surface area contributed by atoms with Gasteiger partial charge in [-0.3, -0.25) is 4.79 Å². The summed E-state index contributed by atoms with van der Waals surface area (Å²) in [6.45, 7) is 1.98. The van der Waals surface area contributed by atoms with Crippen molar-refractivity contribution in [2.75, 3.05) is 11.9 Å². The molecule has 3 heteroatoms. The third-order valence-electron chi connectivity index (χ3n) is 4.97. The molecule has 100 valence electrons. The maximum atomic E-state index is 12.2. The van der Waals surface area contributed by atoms with E-state index in [1.165, 1.54) is 17.5 Å². The molecule has 2 unspecified atom stereocenters. The smallest absolute Gasteiger partial charge is 0.227 e. The number of nitrogens with one attached hydrogen (secondary N) is 2. The van der Waals surface area contributed by atoms with Crippen molar-refractivity contribution in [3.8, 4) is 0 Å². The van der Waals surface area contributed by atoms with E-state index in [4.69, 9.17) is 0 Å². The van der Waals surface area contributed by atoms with Gasteiger partial charge in [-0.1, -0.05) is 6.07 Å². The Balaban J connectivity index is 1.45. The first kappa shape index (κ1) is 11.5. The minimum absolute atomic E-state index is 0.232. The van der Waals surface area contributed by atoms with Crippen LogP contribution >= 0.6 is 0 Å². The van der Waals surface area contributed by atoms with Gasteiger partial charge in [0.1, 0.15) is 0 Å². The summed E-state index contributed by atoms with van der Waals surface area (Å²) in [6, 6.07) is 6.35. The summed E-state index contributed by atoms with van der Waals surface area (Å²) in [7, 11) is 0. The van der Waals surface area contributed by atoms with Crippen LogP contribution in [0.25, 0.3) is 0 Å². The van der Waals surface area contributed by atoms with Gasteiger partial charge < -0.3 is 10.6 Å². The maximum absolute atomic E-state index is 12.2. The molecule has 3 aliphatic rings. The van der Waals surface area contributed by atoms with Gasteiger partial charge in [0.2, 0.25) is 5.91 Å². The summed E-state index contributed by atoms with van der Waals surface area (Å²) in [4.78, 5) is 12.2. The summed E-state index contributed by atoms with van der Waals surface area (Å²) in [6.07, 6.45) is 4.69. The van der Waals surface area contributed by atoms with Gasteiger partial charge in [0.25, 0.3) is 0 Å². The van der Waals surface area contributed by atoms with E-state index in [0.717, 1.165) is 49.9 Å². The molecule has 0 saturated heterocycles. The van der Waals surface area contributed by atoms with Crippen molar-refractivity contribution in [2.24, 2.45) is 17.8 Å². The Morgan fingerprint density at radius 3 is 2.84 bits per heavy atom. The Hall–Kier alpha value is -1.35. The zero-order valence-electron chi connectivity index (χ0n) is 11.1. The molecule has 1 aliphatic heterocycles. The van der Waals surface area contributed by atoms with Gasteiger partial charge in [-0.05, 0) is 67.3 Å². The lowest BCUT2D eigenvalue weighted by Crippen LogP contribution is -2.25. The van der Waals surface area contributed by atoms with Crippen molar-refractivity contribution in [2.45, 2.75) is 32.2 Å². The first-order valence-electron chi connectivity index (χ1n) is 7.43. The van der Waals surface area contributed by atoms with Crippen molar-refractivity contribution < 1.29 is 4.79 Å². The van der Waals surface area contributed by atoms with Gasteiger partial charge in [0.15, 0.2) is 0 Å². The van der Waals surface area contributed by atoms with Crippen LogP contribution in [0.4, 0.5) is 5.69 Å². The number of hydrogen-bond acceptors (Lipinski definition) is 2. The number of rotatable bonds is 2. The largest absolute Gasteiger partial charge is 0.326 e. The van der Waals surface area contributed by atoms with Crippen molar-refractivity contribution in [1.82, 2.24) is 5.32 Å². The van der Waals surface area contributed by atoms with Gasteiger partial charge in [-0.15, -0.1) is 0 Å². The molecule has 1 aromatic carbocycles. The molecule has 2 N–H and O–H groups in total. The average Bonchev–Trinajstić information content (AvgIpc) is 3.05. The van der Waals surface area contributed by atoms with Crippen LogP contribution in [0.15, 0.2) is 18.2 Å². The number of carbonyl (C=O) groups is 1.